The molecule has 1 fully saturated rings. The SMILES string of the molecule is O=C1Nc2cc(O)ccc2SC12CCCC2. The second-order valence-corrected chi connectivity index (χ2v) is 5.86. The molecule has 84 valence electrons. The number of phenolic OH excluding ortho intramolecular Hbond substituents is 1. The molecule has 1 amide bonds. The van der Waals surface area contributed by atoms with Gasteiger partial charge in [0.15, 0.2) is 0 Å². The molecular formula is C12H13NO2S. The maximum absolute atomic E-state index is 12.1. The number of thioether (sulfide) groups is 1. The number of benzene rings is 1. The molecule has 1 aliphatic carbocycles. The number of hydrogen-bond donors (Lipinski definition) is 2. The maximum Gasteiger partial charge on any atom is 0.241 e. The zero-order valence-corrected chi connectivity index (χ0v) is 9.64. The Morgan fingerprint density at radius 1 is 1.31 bits per heavy atom. The van der Waals surface area contributed by atoms with Crippen LogP contribution >= 0.6 is 11.8 Å². The van der Waals surface area contributed by atoms with Gasteiger partial charge < -0.3 is 10.4 Å². The lowest BCUT2D eigenvalue weighted by molar-refractivity contribution is -0.118. The molecule has 4 heteroatoms. The van der Waals surface area contributed by atoms with E-state index in [1.165, 1.54) is 0 Å². The molecule has 0 radical (unpaired) electrons. The molecule has 0 aromatic heterocycles. The molecule has 16 heavy (non-hydrogen) atoms. The minimum absolute atomic E-state index is 0.105. The number of anilines is 1. The fourth-order valence-electron chi connectivity index (χ4n) is 2.47. The first kappa shape index (κ1) is 10.0. The van der Waals surface area contributed by atoms with Gasteiger partial charge in [-0.15, -0.1) is 11.8 Å². The lowest BCUT2D eigenvalue weighted by Gasteiger charge is -2.32. The summed E-state index contributed by atoms with van der Waals surface area (Å²) in [4.78, 5) is 13.1. The van der Waals surface area contributed by atoms with Gasteiger partial charge in [0, 0.05) is 11.0 Å². The topological polar surface area (TPSA) is 49.3 Å². The second kappa shape index (κ2) is 3.42. The van der Waals surface area contributed by atoms with Gasteiger partial charge in [-0.25, -0.2) is 0 Å². The first-order chi connectivity index (χ1) is 7.70. The molecule has 3 rings (SSSR count). The minimum atomic E-state index is -0.246. The summed E-state index contributed by atoms with van der Waals surface area (Å²) in [5, 5.41) is 12.3. The third kappa shape index (κ3) is 1.40. The molecule has 2 aliphatic rings. The summed E-state index contributed by atoms with van der Waals surface area (Å²) in [5.41, 5.74) is 0.743. The highest BCUT2D eigenvalue weighted by Crippen LogP contribution is 2.51. The van der Waals surface area contributed by atoms with Gasteiger partial charge in [-0.2, -0.15) is 0 Å². The van der Waals surface area contributed by atoms with Crippen molar-refractivity contribution >= 4 is 23.4 Å². The molecule has 1 aliphatic heterocycles. The molecule has 0 saturated heterocycles. The highest BCUT2D eigenvalue weighted by Gasteiger charge is 2.45. The molecule has 1 aromatic rings. The van der Waals surface area contributed by atoms with Gasteiger partial charge in [0.2, 0.25) is 5.91 Å². The van der Waals surface area contributed by atoms with Crippen molar-refractivity contribution in [3.63, 3.8) is 0 Å². The van der Waals surface area contributed by atoms with E-state index >= 15 is 0 Å². The number of phenols is 1. The van der Waals surface area contributed by atoms with Gasteiger partial charge in [0.1, 0.15) is 5.75 Å². The number of nitrogens with one attached hydrogen (secondary N) is 1. The number of aromatic hydroxyl groups is 1. The summed E-state index contributed by atoms with van der Waals surface area (Å²) < 4.78 is -0.246. The van der Waals surface area contributed by atoms with Crippen molar-refractivity contribution in [3.05, 3.63) is 18.2 Å². The molecule has 1 saturated carbocycles. The van der Waals surface area contributed by atoms with E-state index in [-0.39, 0.29) is 16.4 Å². The van der Waals surface area contributed by atoms with E-state index in [1.807, 2.05) is 6.07 Å². The van der Waals surface area contributed by atoms with Gasteiger partial charge in [-0.1, -0.05) is 12.8 Å². The summed E-state index contributed by atoms with van der Waals surface area (Å²) >= 11 is 1.66. The summed E-state index contributed by atoms with van der Waals surface area (Å²) in [5.74, 6) is 0.301. The van der Waals surface area contributed by atoms with Crippen LogP contribution < -0.4 is 5.32 Å². The Kier molecular flexibility index (Phi) is 2.14. The molecule has 3 nitrogen and oxygen atoms in total. The Bertz CT molecular complexity index is 452. The highest BCUT2D eigenvalue weighted by atomic mass is 32.2. The summed E-state index contributed by atoms with van der Waals surface area (Å²) in [6.45, 7) is 0. The third-order valence-electron chi connectivity index (χ3n) is 3.34. The van der Waals surface area contributed by atoms with E-state index in [0.717, 1.165) is 36.3 Å². The van der Waals surface area contributed by atoms with Crippen LogP contribution in [-0.4, -0.2) is 15.8 Å². The van der Waals surface area contributed by atoms with Crippen LogP contribution in [0.15, 0.2) is 23.1 Å². The van der Waals surface area contributed by atoms with Crippen LogP contribution in [0, 0.1) is 0 Å². The van der Waals surface area contributed by atoms with Gasteiger partial charge in [0.25, 0.3) is 0 Å². The van der Waals surface area contributed by atoms with E-state index in [1.54, 1.807) is 23.9 Å². The Morgan fingerprint density at radius 3 is 2.81 bits per heavy atom. The molecule has 2 N–H and O–H groups in total. The number of hydrogen-bond acceptors (Lipinski definition) is 3. The minimum Gasteiger partial charge on any atom is -0.508 e. The third-order valence-corrected chi connectivity index (χ3v) is 4.90. The number of fused-ring (bicyclic) bond motifs is 1. The molecule has 1 aromatic carbocycles. The van der Waals surface area contributed by atoms with Gasteiger partial charge >= 0.3 is 0 Å². The average molecular weight is 235 g/mol. The van der Waals surface area contributed by atoms with Crippen LogP contribution in [0.1, 0.15) is 25.7 Å². The van der Waals surface area contributed by atoms with Crippen molar-refractivity contribution in [3.8, 4) is 5.75 Å². The Labute approximate surface area is 98.2 Å². The predicted molar refractivity (Wildman–Crippen MR) is 63.8 cm³/mol. The first-order valence-electron chi connectivity index (χ1n) is 5.53. The van der Waals surface area contributed by atoms with Crippen molar-refractivity contribution in [2.24, 2.45) is 0 Å². The summed E-state index contributed by atoms with van der Waals surface area (Å²) in [7, 11) is 0. The fraction of sp³-hybridized carbons (Fsp3) is 0.417. The highest BCUT2D eigenvalue weighted by molar-refractivity contribution is 8.01. The van der Waals surface area contributed by atoms with Crippen LogP contribution in [0.4, 0.5) is 5.69 Å². The standard InChI is InChI=1S/C12H13NO2S/c14-8-3-4-10-9(7-8)13-11(15)12(16-10)5-1-2-6-12/h3-4,7,14H,1-2,5-6H2,(H,13,15). The normalized spacial score (nSPS) is 21.9. The summed E-state index contributed by atoms with van der Waals surface area (Å²) in [6, 6.07) is 5.17. The van der Waals surface area contributed by atoms with E-state index in [0.29, 0.717) is 0 Å². The smallest absolute Gasteiger partial charge is 0.241 e. The van der Waals surface area contributed by atoms with Crippen LogP contribution in [-0.2, 0) is 4.79 Å². The van der Waals surface area contributed by atoms with Gasteiger partial charge in [-0.3, -0.25) is 4.79 Å². The number of rotatable bonds is 0. The molecule has 0 unspecified atom stereocenters. The first-order valence-corrected chi connectivity index (χ1v) is 6.35. The lowest BCUT2D eigenvalue weighted by atomic mass is 10.1. The van der Waals surface area contributed by atoms with E-state index < -0.39 is 0 Å². The average Bonchev–Trinajstić information content (AvgIpc) is 2.70. The molecule has 1 heterocycles. The fourth-order valence-corrected chi connectivity index (χ4v) is 3.89. The number of amides is 1. The predicted octanol–water partition coefficient (Wildman–Crippen LogP) is 2.75. The van der Waals surface area contributed by atoms with Crippen LogP contribution in [0.3, 0.4) is 0 Å². The Balaban J connectivity index is 2.01. The van der Waals surface area contributed by atoms with E-state index in [4.69, 9.17) is 0 Å². The van der Waals surface area contributed by atoms with Crippen molar-refractivity contribution in [1.29, 1.82) is 0 Å². The Morgan fingerprint density at radius 2 is 2.06 bits per heavy atom. The second-order valence-electron chi connectivity index (χ2n) is 4.44. The lowest BCUT2D eigenvalue weighted by Crippen LogP contribution is -2.40. The number of carbonyl (C=O) groups is 1. The van der Waals surface area contributed by atoms with E-state index in [2.05, 4.69) is 5.32 Å². The molecule has 1 spiro atoms. The molecular weight excluding hydrogens is 222 g/mol. The maximum atomic E-state index is 12.1. The largest absolute Gasteiger partial charge is 0.508 e. The van der Waals surface area contributed by atoms with Crippen LogP contribution in [0.2, 0.25) is 0 Å². The number of carbonyl (C=O) groups excluding carboxylic acids is 1. The van der Waals surface area contributed by atoms with Crippen LogP contribution in [0.25, 0.3) is 0 Å². The Hall–Kier alpha value is -1.16. The van der Waals surface area contributed by atoms with Crippen molar-refractivity contribution < 1.29 is 9.90 Å². The summed E-state index contributed by atoms with van der Waals surface area (Å²) in [6.07, 6.45) is 4.19. The zero-order chi connectivity index (χ0) is 11.2. The quantitative estimate of drug-likeness (QED) is 0.727. The van der Waals surface area contributed by atoms with Crippen molar-refractivity contribution in [2.75, 3.05) is 5.32 Å². The molecule has 0 atom stereocenters. The monoisotopic (exact) mass is 235 g/mol. The van der Waals surface area contributed by atoms with Crippen molar-refractivity contribution in [1.82, 2.24) is 0 Å². The van der Waals surface area contributed by atoms with Gasteiger partial charge in [-0.05, 0) is 25.0 Å². The van der Waals surface area contributed by atoms with Crippen LogP contribution in [0.5, 0.6) is 5.75 Å². The van der Waals surface area contributed by atoms with Gasteiger partial charge in [0.05, 0.1) is 10.4 Å². The zero-order valence-electron chi connectivity index (χ0n) is 8.82. The molecule has 0 bridgehead atoms. The van der Waals surface area contributed by atoms with Crippen molar-refractivity contribution in [2.45, 2.75) is 35.3 Å². The van der Waals surface area contributed by atoms with E-state index in [9.17, 15) is 9.90 Å².